The normalized spacial score (nSPS) is 15.3. The molecule has 0 radical (unpaired) electrons. The van der Waals surface area contributed by atoms with Gasteiger partial charge in [-0.3, -0.25) is 4.79 Å². The van der Waals surface area contributed by atoms with Crippen molar-refractivity contribution >= 4 is 11.9 Å². The molecule has 120 valence electrons. The molecule has 1 heterocycles. The van der Waals surface area contributed by atoms with Crippen molar-refractivity contribution in [2.45, 2.75) is 32.7 Å². The summed E-state index contributed by atoms with van der Waals surface area (Å²) < 4.78 is 10.3. The summed E-state index contributed by atoms with van der Waals surface area (Å²) in [5.74, 6) is 0.178. The molecule has 0 bridgehead atoms. The van der Waals surface area contributed by atoms with Gasteiger partial charge in [-0.1, -0.05) is 13.8 Å². The average molecular weight is 306 g/mol. The van der Waals surface area contributed by atoms with Gasteiger partial charge in [0.15, 0.2) is 0 Å². The van der Waals surface area contributed by atoms with E-state index in [0.29, 0.717) is 24.0 Å². The maximum absolute atomic E-state index is 12.3. The third-order valence-electron chi connectivity index (χ3n) is 3.57. The van der Waals surface area contributed by atoms with E-state index in [1.807, 2.05) is 13.8 Å². The molecule has 1 amide bonds. The van der Waals surface area contributed by atoms with Crippen LogP contribution in [-0.4, -0.2) is 36.6 Å². The van der Waals surface area contributed by atoms with E-state index >= 15 is 0 Å². The van der Waals surface area contributed by atoms with Gasteiger partial charge >= 0.3 is 5.97 Å². The van der Waals surface area contributed by atoms with Gasteiger partial charge in [0.1, 0.15) is 6.04 Å². The molecule has 0 aromatic carbocycles. The lowest BCUT2D eigenvalue weighted by Gasteiger charge is -2.19. The first-order valence-corrected chi connectivity index (χ1v) is 7.48. The molecule has 1 aromatic heterocycles. The Morgan fingerprint density at radius 1 is 1.41 bits per heavy atom. The van der Waals surface area contributed by atoms with E-state index < -0.39 is 12.0 Å². The zero-order valence-electron chi connectivity index (χ0n) is 13.2. The van der Waals surface area contributed by atoms with Crippen LogP contribution < -0.4 is 10.1 Å². The Morgan fingerprint density at radius 3 is 2.73 bits per heavy atom. The molecule has 1 aliphatic carbocycles. The van der Waals surface area contributed by atoms with Gasteiger partial charge in [-0.15, -0.1) is 0 Å². The number of carbonyl (C=O) groups is 2. The Bertz CT molecular complexity index is 541. The maximum atomic E-state index is 12.3. The second-order valence-electron chi connectivity index (χ2n) is 5.86. The van der Waals surface area contributed by atoms with Gasteiger partial charge in [0, 0.05) is 17.8 Å². The van der Waals surface area contributed by atoms with Crippen molar-refractivity contribution in [2.75, 3.05) is 13.7 Å². The fraction of sp³-hybridized carbons (Fsp3) is 0.562. The first-order chi connectivity index (χ1) is 10.5. The van der Waals surface area contributed by atoms with E-state index in [1.165, 1.54) is 26.1 Å². The lowest BCUT2D eigenvalue weighted by Crippen LogP contribution is -2.45. The van der Waals surface area contributed by atoms with Gasteiger partial charge in [-0.05, 0) is 30.7 Å². The summed E-state index contributed by atoms with van der Waals surface area (Å²) in [6.45, 7) is 4.33. The largest absolute Gasteiger partial charge is 0.477 e. The number of carbonyl (C=O) groups excluding carboxylic acids is 2. The molecule has 1 aromatic rings. The second kappa shape index (κ2) is 7.24. The SMILES string of the molecule is COC(=O)[C@H](NC(=O)c1ccnc(OCC2CC2)c1)C(C)C. The number of aromatic nitrogens is 1. The Morgan fingerprint density at radius 2 is 2.14 bits per heavy atom. The molecule has 6 heteroatoms. The summed E-state index contributed by atoms with van der Waals surface area (Å²) in [7, 11) is 1.31. The number of rotatable bonds is 7. The highest BCUT2D eigenvalue weighted by atomic mass is 16.5. The summed E-state index contributed by atoms with van der Waals surface area (Å²) >= 11 is 0. The molecular weight excluding hydrogens is 284 g/mol. The quantitative estimate of drug-likeness (QED) is 0.777. The molecule has 1 aliphatic rings. The van der Waals surface area contributed by atoms with Crippen molar-refractivity contribution in [3.63, 3.8) is 0 Å². The molecule has 6 nitrogen and oxygen atoms in total. The van der Waals surface area contributed by atoms with Crippen LogP contribution in [0.25, 0.3) is 0 Å². The molecule has 1 saturated carbocycles. The fourth-order valence-corrected chi connectivity index (χ4v) is 1.97. The van der Waals surface area contributed by atoms with Gasteiger partial charge in [-0.25, -0.2) is 9.78 Å². The van der Waals surface area contributed by atoms with Gasteiger partial charge in [0.2, 0.25) is 5.88 Å². The van der Waals surface area contributed by atoms with Crippen molar-refractivity contribution < 1.29 is 19.1 Å². The molecule has 1 fully saturated rings. The molecule has 0 spiro atoms. The number of nitrogens with one attached hydrogen (secondary N) is 1. The third kappa shape index (κ3) is 4.44. The molecule has 0 unspecified atom stereocenters. The van der Waals surface area contributed by atoms with Crippen molar-refractivity contribution in [1.29, 1.82) is 0 Å². The maximum Gasteiger partial charge on any atom is 0.328 e. The zero-order valence-corrected chi connectivity index (χ0v) is 13.2. The Hall–Kier alpha value is -2.11. The van der Waals surface area contributed by atoms with Crippen LogP contribution in [0.15, 0.2) is 18.3 Å². The van der Waals surface area contributed by atoms with Crippen LogP contribution in [-0.2, 0) is 9.53 Å². The number of nitrogens with zero attached hydrogens (tertiary/aromatic N) is 1. The van der Waals surface area contributed by atoms with E-state index in [9.17, 15) is 9.59 Å². The van der Waals surface area contributed by atoms with Crippen LogP contribution in [0.2, 0.25) is 0 Å². The first-order valence-electron chi connectivity index (χ1n) is 7.48. The Labute approximate surface area is 130 Å². The van der Waals surface area contributed by atoms with Gasteiger partial charge in [0.25, 0.3) is 5.91 Å². The van der Waals surface area contributed by atoms with Crippen LogP contribution in [0.4, 0.5) is 0 Å². The van der Waals surface area contributed by atoms with Crippen molar-refractivity contribution in [3.8, 4) is 5.88 Å². The topological polar surface area (TPSA) is 77.5 Å². The minimum absolute atomic E-state index is 0.0659. The van der Waals surface area contributed by atoms with Crippen LogP contribution >= 0.6 is 0 Å². The third-order valence-corrected chi connectivity index (χ3v) is 3.57. The molecule has 1 atom stereocenters. The Kier molecular flexibility index (Phi) is 5.35. The smallest absolute Gasteiger partial charge is 0.328 e. The second-order valence-corrected chi connectivity index (χ2v) is 5.86. The van der Waals surface area contributed by atoms with E-state index in [2.05, 4.69) is 10.3 Å². The predicted molar refractivity (Wildman–Crippen MR) is 80.6 cm³/mol. The summed E-state index contributed by atoms with van der Waals surface area (Å²) in [4.78, 5) is 28.1. The number of ether oxygens (including phenoxy) is 2. The van der Waals surface area contributed by atoms with E-state index in [1.54, 1.807) is 12.1 Å². The molecule has 2 rings (SSSR count). The summed E-state index contributed by atoms with van der Waals surface area (Å²) in [5, 5.41) is 2.69. The number of hydrogen-bond donors (Lipinski definition) is 1. The Balaban J connectivity index is 2.00. The first kappa shape index (κ1) is 16.3. The summed E-state index contributed by atoms with van der Waals surface area (Å²) in [5.41, 5.74) is 0.412. The number of esters is 1. The highest BCUT2D eigenvalue weighted by molar-refractivity contribution is 5.97. The molecule has 0 saturated heterocycles. The zero-order chi connectivity index (χ0) is 16.1. The summed E-state index contributed by atoms with van der Waals surface area (Å²) in [6, 6.07) is 2.50. The number of pyridine rings is 1. The highest BCUT2D eigenvalue weighted by Gasteiger charge is 2.26. The number of methoxy groups -OCH3 is 1. The van der Waals surface area contributed by atoms with E-state index in [-0.39, 0.29) is 11.8 Å². The van der Waals surface area contributed by atoms with Crippen LogP contribution in [0, 0.1) is 11.8 Å². The highest BCUT2D eigenvalue weighted by Crippen LogP contribution is 2.29. The lowest BCUT2D eigenvalue weighted by atomic mass is 10.0. The predicted octanol–water partition coefficient (Wildman–Crippen LogP) is 1.80. The average Bonchev–Trinajstić information content (AvgIpc) is 3.34. The standard InChI is InChI=1S/C16H22N2O4/c1-10(2)14(16(20)21-3)18-15(19)12-6-7-17-13(8-12)22-9-11-4-5-11/h6-8,10-11,14H,4-5,9H2,1-3H3,(H,18,19)/t14-/m1/s1. The van der Waals surface area contributed by atoms with Gasteiger partial charge < -0.3 is 14.8 Å². The van der Waals surface area contributed by atoms with E-state index in [4.69, 9.17) is 9.47 Å². The van der Waals surface area contributed by atoms with Gasteiger partial charge in [0.05, 0.1) is 13.7 Å². The van der Waals surface area contributed by atoms with Crippen molar-refractivity contribution in [2.24, 2.45) is 11.8 Å². The number of hydrogen-bond acceptors (Lipinski definition) is 5. The minimum atomic E-state index is -0.679. The number of amides is 1. The fourth-order valence-electron chi connectivity index (χ4n) is 1.97. The summed E-state index contributed by atoms with van der Waals surface area (Å²) in [6.07, 6.45) is 3.91. The van der Waals surface area contributed by atoms with Crippen LogP contribution in [0.1, 0.15) is 37.0 Å². The van der Waals surface area contributed by atoms with Crippen molar-refractivity contribution in [3.05, 3.63) is 23.9 Å². The monoisotopic (exact) mass is 306 g/mol. The lowest BCUT2D eigenvalue weighted by molar-refractivity contribution is -0.144. The molecule has 1 N–H and O–H groups in total. The van der Waals surface area contributed by atoms with Gasteiger partial charge in [-0.2, -0.15) is 0 Å². The van der Waals surface area contributed by atoms with Crippen molar-refractivity contribution in [1.82, 2.24) is 10.3 Å². The molecular formula is C16H22N2O4. The molecule has 22 heavy (non-hydrogen) atoms. The molecule has 0 aliphatic heterocycles. The van der Waals surface area contributed by atoms with Crippen LogP contribution in [0.5, 0.6) is 5.88 Å². The van der Waals surface area contributed by atoms with Crippen LogP contribution in [0.3, 0.4) is 0 Å². The van der Waals surface area contributed by atoms with E-state index in [0.717, 1.165) is 0 Å². The minimum Gasteiger partial charge on any atom is -0.477 e.